The highest BCUT2D eigenvalue weighted by molar-refractivity contribution is 9.10. The van der Waals surface area contributed by atoms with Crippen LogP contribution in [0, 0.1) is 0 Å². The highest BCUT2D eigenvalue weighted by atomic mass is 79.9. The topological polar surface area (TPSA) is 60.8 Å². The quantitative estimate of drug-likeness (QED) is 0.875. The molecule has 0 aliphatic carbocycles. The van der Waals surface area contributed by atoms with Crippen molar-refractivity contribution in [2.45, 2.75) is 18.4 Å². The van der Waals surface area contributed by atoms with Gasteiger partial charge in [-0.3, -0.25) is 0 Å². The van der Waals surface area contributed by atoms with E-state index in [0.717, 1.165) is 16.7 Å². The van der Waals surface area contributed by atoms with Crippen molar-refractivity contribution in [1.29, 1.82) is 0 Å². The molecule has 0 spiro atoms. The number of anilines is 1. The largest absolute Gasteiger partial charge is 0.479 e. The number of hydrogen-bond acceptors (Lipinski definition) is 3. The van der Waals surface area contributed by atoms with Crippen molar-refractivity contribution in [2.75, 3.05) is 18.0 Å². The highest BCUT2D eigenvalue weighted by Crippen LogP contribution is 2.31. The molecular formula is C12H14BrNO3. The lowest BCUT2D eigenvalue weighted by Gasteiger charge is -2.38. The van der Waals surface area contributed by atoms with Gasteiger partial charge in [0.05, 0.1) is 12.2 Å². The smallest absolute Gasteiger partial charge is 0.337 e. The molecule has 1 heterocycles. The first-order chi connectivity index (χ1) is 8.03. The van der Waals surface area contributed by atoms with Gasteiger partial charge >= 0.3 is 5.97 Å². The Morgan fingerprint density at radius 3 is 2.76 bits per heavy atom. The Morgan fingerprint density at radius 1 is 1.41 bits per heavy atom. The molecule has 1 atom stereocenters. The van der Waals surface area contributed by atoms with Gasteiger partial charge in [0.1, 0.15) is 0 Å². The minimum Gasteiger partial charge on any atom is -0.479 e. The van der Waals surface area contributed by atoms with E-state index in [1.165, 1.54) is 0 Å². The van der Waals surface area contributed by atoms with Crippen LogP contribution < -0.4 is 4.90 Å². The number of benzene rings is 1. The number of carbonyl (C=O) groups is 1. The maximum absolute atomic E-state index is 11.0. The maximum Gasteiger partial charge on any atom is 0.337 e. The molecule has 17 heavy (non-hydrogen) atoms. The van der Waals surface area contributed by atoms with Crippen molar-refractivity contribution in [2.24, 2.45) is 0 Å². The first kappa shape index (κ1) is 12.4. The molecule has 2 rings (SSSR count). The van der Waals surface area contributed by atoms with Crippen molar-refractivity contribution >= 4 is 27.6 Å². The van der Waals surface area contributed by atoms with Crippen molar-refractivity contribution in [3.05, 3.63) is 28.7 Å². The van der Waals surface area contributed by atoms with Gasteiger partial charge in [-0.05, 0) is 40.9 Å². The van der Waals surface area contributed by atoms with Gasteiger partial charge in [0, 0.05) is 11.0 Å². The molecule has 0 radical (unpaired) electrons. The summed E-state index contributed by atoms with van der Waals surface area (Å²) in [5, 5.41) is 19.1. The predicted molar refractivity (Wildman–Crippen MR) is 68.2 cm³/mol. The minimum absolute atomic E-state index is 0.130. The fourth-order valence-electron chi connectivity index (χ4n) is 2.12. The molecule has 0 amide bonds. The summed E-state index contributed by atoms with van der Waals surface area (Å²) in [6.07, 6.45) is 0.980. The minimum atomic E-state index is -1.63. The summed E-state index contributed by atoms with van der Waals surface area (Å²) in [7, 11) is 0. The Balaban J connectivity index is 2.24. The lowest BCUT2D eigenvalue weighted by molar-refractivity contribution is -0.159. The Bertz CT molecular complexity index is 438. The molecule has 4 nitrogen and oxygen atoms in total. The predicted octanol–water partition coefficient (Wildman–Crippen LogP) is 1.87. The second-order valence-corrected chi connectivity index (χ2v) is 5.17. The third-order valence-electron chi connectivity index (χ3n) is 3.06. The number of β-amino-alcohol motifs (C(OH)–C–C–N with tert-alkyl or cyclic N) is 1. The van der Waals surface area contributed by atoms with Crippen LogP contribution in [0.3, 0.4) is 0 Å². The Morgan fingerprint density at radius 2 is 2.12 bits per heavy atom. The lowest BCUT2D eigenvalue weighted by Crippen LogP contribution is -2.53. The summed E-state index contributed by atoms with van der Waals surface area (Å²) in [4.78, 5) is 13.0. The molecule has 0 aromatic heterocycles. The SMILES string of the molecule is O=C(O)C1(O)CCCN(c2ccccc2Br)C1. The fourth-order valence-corrected chi connectivity index (χ4v) is 2.66. The van der Waals surface area contributed by atoms with Crippen LogP contribution in [-0.4, -0.2) is 34.9 Å². The fraction of sp³-hybridized carbons (Fsp3) is 0.417. The summed E-state index contributed by atoms with van der Waals surface area (Å²) in [6, 6.07) is 7.62. The van der Waals surface area contributed by atoms with Gasteiger partial charge in [0.2, 0.25) is 0 Å². The van der Waals surface area contributed by atoms with Crippen LogP contribution in [0.25, 0.3) is 0 Å². The number of carboxylic acid groups (broad SMARTS) is 1. The van der Waals surface area contributed by atoms with Gasteiger partial charge in [0.25, 0.3) is 0 Å². The zero-order valence-corrected chi connectivity index (χ0v) is 10.9. The Labute approximate surface area is 108 Å². The van der Waals surface area contributed by atoms with E-state index in [4.69, 9.17) is 5.11 Å². The molecular weight excluding hydrogens is 286 g/mol. The zero-order chi connectivity index (χ0) is 12.5. The normalized spacial score (nSPS) is 24.7. The molecule has 5 heteroatoms. The van der Waals surface area contributed by atoms with E-state index in [2.05, 4.69) is 15.9 Å². The molecule has 1 aromatic rings. The number of hydrogen-bond donors (Lipinski definition) is 2. The lowest BCUT2D eigenvalue weighted by atomic mass is 9.92. The third kappa shape index (κ3) is 2.45. The molecule has 1 aliphatic heterocycles. The van der Waals surface area contributed by atoms with Gasteiger partial charge in [-0.25, -0.2) is 4.79 Å². The van der Waals surface area contributed by atoms with E-state index in [1.807, 2.05) is 29.2 Å². The maximum atomic E-state index is 11.0. The first-order valence-corrected chi connectivity index (χ1v) is 6.27. The summed E-state index contributed by atoms with van der Waals surface area (Å²) in [6.45, 7) is 0.892. The van der Waals surface area contributed by atoms with Gasteiger partial charge in [-0.15, -0.1) is 0 Å². The number of piperidine rings is 1. The van der Waals surface area contributed by atoms with Crippen molar-refractivity contribution in [3.63, 3.8) is 0 Å². The second-order valence-electron chi connectivity index (χ2n) is 4.31. The Hall–Kier alpha value is -1.07. The molecule has 0 bridgehead atoms. The summed E-state index contributed by atoms with van der Waals surface area (Å²) in [5.41, 5.74) is -0.708. The molecule has 92 valence electrons. The van der Waals surface area contributed by atoms with Crippen LogP contribution in [0.1, 0.15) is 12.8 Å². The summed E-state index contributed by atoms with van der Waals surface area (Å²) in [5.74, 6) is -1.14. The monoisotopic (exact) mass is 299 g/mol. The van der Waals surface area contributed by atoms with Crippen LogP contribution in [-0.2, 0) is 4.79 Å². The average molecular weight is 300 g/mol. The average Bonchev–Trinajstić information content (AvgIpc) is 2.29. The van der Waals surface area contributed by atoms with Crippen LogP contribution >= 0.6 is 15.9 Å². The molecule has 1 fully saturated rings. The van der Waals surface area contributed by atoms with Gasteiger partial charge < -0.3 is 15.1 Å². The van der Waals surface area contributed by atoms with E-state index in [0.29, 0.717) is 12.8 Å². The van der Waals surface area contributed by atoms with E-state index >= 15 is 0 Å². The summed E-state index contributed by atoms with van der Waals surface area (Å²) >= 11 is 3.44. The summed E-state index contributed by atoms with van der Waals surface area (Å²) < 4.78 is 0.912. The van der Waals surface area contributed by atoms with Crippen LogP contribution in [0.2, 0.25) is 0 Å². The van der Waals surface area contributed by atoms with Gasteiger partial charge in [-0.2, -0.15) is 0 Å². The number of rotatable bonds is 2. The van der Waals surface area contributed by atoms with Crippen LogP contribution in [0.4, 0.5) is 5.69 Å². The molecule has 2 N–H and O–H groups in total. The number of nitrogens with zero attached hydrogens (tertiary/aromatic N) is 1. The van der Waals surface area contributed by atoms with Crippen LogP contribution in [0.15, 0.2) is 28.7 Å². The highest BCUT2D eigenvalue weighted by Gasteiger charge is 2.40. The number of carboxylic acids is 1. The second kappa shape index (κ2) is 4.66. The molecule has 1 aliphatic rings. The molecule has 0 saturated carbocycles. The zero-order valence-electron chi connectivity index (χ0n) is 9.27. The van der Waals surface area contributed by atoms with Crippen LogP contribution in [0.5, 0.6) is 0 Å². The Kier molecular flexibility index (Phi) is 3.40. The number of halogens is 1. The van der Waals surface area contributed by atoms with E-state index in [9.17, 15) is 9.90 Å². The first-order valence-electron chi connectivity index (χ1n) is 5.48. The van der Waals surface area contributed by atoms with E-state index in [1.54, 1.807) is 0 Å². The van der Waals surface area contributed by atoms with Crippen molar-refractivity contribution in [1.82, 2.24) is 0 Å². The van der Waals surface area contributed by atoms with Crippen molar-refractivity contribution in [3.8, 4) is 0 Å². The standard InChI is InChI=1S/C12H14BrNO3/c13-9-4-1-2-5-10(9)14-7-3-6-12(17,8-14)11(15)16/h1-2,4-5,17H,3,6-8H2,(H,15,16). The van der Waals surface area contributed by atoms with Gasteiger partial charge in [0.15, 0.2) is 5.60 Å². The van der Waals surface area contributed by atoms with E-state index in [-0.39, 0.29) is 6.54 Å². The number of aliphatic hydroxyl groups is 1. The molecule has 1 saturated heterocycles. The van der Waals surface area contributed by atoms with E-state index < -0.39 is 11.6 Å². The van der Waals surface area contributed by atoms with Crippen molar-refractivity contribution < 1.29 is 15.0 Å². The van der Waals surface area contributed by atoms with Gasteiger partial charge in [-0.1, -0.05) is 12.1 Å². The molecule has 1 aromatic carbocycles. The third-order valence-corrected chi connectivity index (χ3v) is 3.73. The number of para-hydroxylation sites is 1. The number of aliphatic carboxylic acids is 1. The molecule has 1 unspecified atom stereocenters.